The Hall–Kier alpha value is -0.940. The summed E-state index contributed by atoms with van der Waals surface area (Å²) in [4.78, 5) is 25.6. The van der Waals surface area contributed by atoms with Crippen LogP contribution in [0.15, 0.2) is 0 Å². The lowest BCUT2D eigenvalue weighted by molar-refractivity contribution is -0.126. The lowest BCUT2D eigenvalue weighted by Crippen LogP contribution is -2.48. The van der Waals surface area contributed by atoms with Crippen LogP contribution in [-0.4, -0.2) is 55.0 Å². The molecule has 1 atom stereocenters. The van der Waals surface area contributed by atoms with E-state index in [1.165, 1.54) is 0 Å². The van der Waals surface area contributed by atoms with Gasteiger partial charge in [0.2, 0.25) is 5.91 Å². The van der Waals surface area contributed by atoms with Crippen LogP contribution in [0.3, 0.4) is 0 Å². The Morgan fingerprint density at radius 1 is 1.20 bits per heavy atom. The Labute approximate surface area is 121 Å². The maximum atomic E-state index is 12.1. The summed E-state index contributed by atoms with van der Waals surface area (Å²) < 4.78 is 5.29. The van der Waals surface area contributed by atoms with Crippen LogP contribution < -0.4 is 5.32 Å². The van der Waals surface area contributed by atoms with Crippen molar-refractivity contribution in [3.8, 4) is 0 Å². The Kier molecular flexibility index (Phi) is 5.98. The Bertz CT molecular complexity index is 340. The van der Waals surface area contributed by atoms with Gasteiger partial charge in [-0.05, 0) is 39.2 Å². The van der Waals surface area contributed by atoms with Gasteiger partial charge in [0.1, 0.15) is 5.78 Å². The van der Waals surface area contributed by atoms with Crippen LogP contribution >= 0.6 is 0 Å². The molecule has 2 saturated heterocycles. The normalized spacial score (nSPS) is 25.4. The molecule has 5 nitrogen and oxygen atoms in total. The summed E-state index contributed by atoms with van der Waals surface area (Å²) in [6.45, 7) is 4.46. The molecule has 1 unspecified atom stereocenters. The number of Topliss-reactive ketones (excluding diaryl/α,β-unsaturated/α-hetero) is 1. The number of hydrogen-bond acceptors (Lipinski definition) is 4. The van der Waals surface area contributed by atoms with E-state index in [2.05, 4.69) is 10.2 Å². The van der Waals surface area contributed by atoms with Gasteiger partial charge in [-0.1, -0.05) is 6.42 Å². The van der Waals surface area contributed by atoms with Gasteiger partial charge in [-0.3, -0.25) is 14.5 Å². The van der Waals surface area contributed by atoms with Crippen molar-refractivity contribution in [1.29, 1.82) is 0 Å². The fraction of sp³-hybridized carbons (Fsp3) is 0.867. The topological polar surface area (TPSA) is 58.6 Å². The van der Waals surface area contributed by atoms with E-state index in [0.29, 0.717) is 13.0 Å². The molecule has 0 saturated carbocycles. The number of likely N-dealkylation sites (tertiary alicyclic amines) is 1. The van der Waals surface area contributed by atoms with Crippen molar-refractivity contribution in [3.05, 3.63) is 0 Å². The molecule has 2 rings (SSSR count). The van der Waals surface area contributed by atoms with Gasteiger partial charge in [0.05, 0.1) is 6.54 Å². The van der Waals surface area contributed by atoms with Crippen molar-refractivity contribution < 1.29 is 14.3 Å². The third-order valence-electron chi connectivity index (χ3n) is 4.21. The smallest absolute Gasteiger partial charge is 0.234 e. The van der Waals surface area contributed by atoms with Crippen LogP contribution in [0.4, 0.5) is 0 Å². The summed E-state index contributed by atoms with van der Waals surface area (Å²) in [7, 11) is 0. The highest BCUT2D eigenvalue weighted by molar-refractivity contribution is 5.79. The molecule has 2 fully saturated rings. The standard InChI is InChI=1S/C15H26N2O3/c1-12(18)10-14-4-2-3-7-17(14)11-15(19)16-13-5-8-20-9-6-13/h13-14H,2-11H2,1H3,(H,16,19). The first kappa shape index (κ1) is 15.4. The van der Waals surface area contributed by atoms with Gasteiger partial charge < -0.3 is 10.1 Å². The van der Waals surface area contributed by atoms with Gasteiger partial charge in [-0.15, -0.1) is 0 Å². The molecule has 114 valence electrons. The Morgan fingerprint density at radius 3 is 2.65 bits per heavy atom. The van der Waals surface area contributed by atoms with Gasteiger partial charge in [-0.25, -0.2) is 0 Å². The summed E-state index contributed by atoms with van der Waals surface area (Å²) in [5, 5.41) is 3.09. The van der Waals surface area contributed by atoms with E-state index in [0.717, 1.165) is 51.9 Å². The fourth-order valence-electron chi connectivity index (χ4n) is 3.13. The quantitative estimate of drug-likeness (QED) is 0.821. The maximum absolute atomic E-state index is 12.1. The summed E-state index contributed by atoms with van der Waals surface area (Å²) in [5.41, 5.74) is 0. The number of amides is 1. The number of ketones is 1. The zero-order valence-electron chi connectivity index (χ0n) is 12.4. The fourth-order valence-corrected chi connectivity index (χ4v) is 3.13. The zero-order valence-corrected chi connectivity index (χ0v) is 12.4. The first-order valence-corrected chi connectivity index (χ1v) is 7.76. The molecule has 0 spiro atoms. The summed E-state index contributed by atoms with van der Waals surface area (Å²) in [6, 6.07) is 0.508. The third kappa shape index (κ3) is 4.87. The first-order valence-electron chi connectivity index (χ1n) is 7.76. The predicted molar refractivity (Wildman–Crippen MR) is 76.5 cm³/mol. The lowest BCUT2D eigenvalue weighted by Gasteiger charge is -2.35. The molecular weight excluding hydrogens is 256 g/mol. The van der Waals surface area contributed by atoms with Crippen molar-refractivity contribution in [1.82, 2.24) is 10.2 Å². The molecule has 5 heteroatoms. The Morgan fingerprint density at radius 2 is 1.95 bits per heavy atom. The average Bonchev–Trinajstić information content (AvgIpc) is 2.41. The minimum atomic E-state index is 0.0901. The number of nitrogens with zero attached hydrogens (tertiary/aromatic N) is 1. The largest absolute Gasteiger partial charge is 0.381 e. The number of piperidine rings is 1. The molecule has 2 aliphatic heterocycles. The van der Waals surface area contributed by atoms with Gasteiger partial charge in [0.15, 0.2) is 0 Å². The van der Waals surface area contributed by atoms with Crippen LogP contribution in [0.2, 0.25) is 0 Å². The second kappa shape index (κ2) is 7.74. The van der Waals surface area contributed by atoms with Crippen LogP contribution in [-0.2, 0) is 14.3 Å². The molecule has 0 radical (unpaired) electrons. The third-order valence-corrected chi connectivity index (χ3v) is 4.21. The van der Waals surface area contributed by atoms with Gasteiger partial charge >= 0.3 is 0 Å². The average molecular weight is 282 g/mol. The molecule has 0 aromatic carbocycles. The molecule has 0 bridgehead atoms. The molecule has 2 aliphatic rings. The molecule has 1 N–H and O–H groups in total. The van der Waals surface area contributed by atoms with E-state index in [4.69, 9.17) is 4.74 Å². The second-order valence-corrected chi connectivity index (χ2v) is 5.98. The molecule has 0 aliphatic carbocycles. The van der Waals surface area contributed by atoms with Crippen LogP contribution in [0.1, 0.15) is 45.4 Å². The molecule has 0 aromatic rings. The van der Waals surface area contributed by atoms with E-state index < -0.39 is 0 Å². The molecule has 0 aromatic heterocycles. The number of carbonyl (C=O) groups is 2. The van der Waals surface area contributed by atoms with Crippen LogP contribution in [0.25, 0.3) is 0 Å². The number of hydrogen-bond donors (Lipinski definition) is 1. The predicted octanol–water partition coefficient (Wildman–Crippen LogP) is 1.12. The van der Waals surface area contributed by atoms with Gasteiger partial charge in [-0.2, -0.15) is 0 Å². The van der Waals surface area contributed by atoms with E-state index in [-0.39, 0.29) is 23.8 Å². The highest BCUT2D eigenvalue weighted by Gasteiger charge is 2.26. The van der Waals surface area contributed by atoms with Crippen molar-refractivity contribution in [2.75, 3.05) is 26.3 Å². The highest BCUT2D eigenvalue weighted by Crippen LogP contribution is 2.19. The number of nitrogens with one attached hydrogen (secondary N) is 1. The Balaban J connectivity index is 1.79. The van der Waals surface area contributed by atoms with Crippen molar-refractivity contribution in [2.45, 2.75) is 57.5 Å². The molecule has 1 amide bonds. The number of rotatable bonds is 5. The highest BCUT2D eigenvalue weighted by atomic mass is 16.5. The number of ether oxygens (including phenoxy) is 1. The summed E-state index contributed by atoms with van der Waals surface area (Å²) in [5.74, 6) is 0.305. The van der Waals surface area contributed by atoms with Gasteiger partial charge in [0.25, 0.3) is 0 Å². The minimum absolute atomic E-state index is 0.0901. The van der Waals surface area contributed by atoms with Crippen LogP contribution in [0, 0.1) is 0 Å². The second-order valence-electron chi connectivity index (χ2n) is 5.98. The van der Waals surface area contributed by atoms with Crippen LogP contribution in [0.5, 0.6) is 0 Å². The van der Waals surface area contributed by atoms with Crippen molar-refractivity contribution in [2.24, 2.45) is 0 Å². The summed E-state index contributed by atoms with van der Waals surface area (Å²) >= 11 is 0. The van der Waals surface area contributed by atoms with Crippen molar-refractivity contribution >= 4 is 11.7 Å². The maximum Gasteiger partial charge on any atom is 0.234 e. The molecular formula is C15H26N2O3. The van der Waals surface area contributed by atoms with E-state index in [9.17, 15) is 9.59 Å². The van der Waals surface area contributed by atoms with Gasteiger partial charge in [0, 0.05) is 31.7 Å². The number of carbonyl (C=O) groups excluding carboxylic acids is 2. The molecule has 20 heavy (non-hydrogen) atoms. The van der Waals surface area contributed by atoms with E-state index >= 15 is 0 Å². The minimum Gasteiger partial charge on any atom is -0.381 e. The summed E-state index contributed by atoms with van der Waals surface area (Å²) in [6.07, 6.45) is 5.70. The monoisotopic (exact) mass is 282 g/mol. The molecule has 2 heterocycles. The lowest BCUT2D eigenvalue weighted by atomic mass is 9.98. The van der Waals surface area contributed by atoms with E-state index in [1.54, 1.807) is 6.92 Å². The van der Waals surface area contributed by atoms with E-state index in [1.807, 2.05) is 0 Å². The van der Waals surface area contributed by atoms with Crippen molar-refractivity contribution in [3.63, 3.8) is 0 Å². The zero-order chi connectivity index (χ0) is 14.4. The SMILES string of the molecule is CC(=O)CC1CCCCN1CC(=O)NC1CCOCC1. The first-order chi connectivity index (χ1) is 9.65.